The molecule has 0 N–H and O–H groups in total. The Kier molecular flexibility index (Phi) is 13.6. The van der Waals surface area contributed by atoms with Crippen molar-refractivity contribution in [2.24, 2.45) is 0 Å². The molecule has 0 radical (unpaired) electrons. The molecule has 0 atom stereocenters. The number of hydrogen-bond donors (Lipinski definition) is 0. The second kappa shape index (κ2) is 24.8. The summed E-state index contributed by atoms with van der Waals surface area (Å²) in [5, 5.41) is 18.4. The van der Waals surface area contributed by atoms with Gasteiger partial charge in [0.05, 0.1) is 49.7 Å². The highest BCUT2D eigenvalue weighted by atomic mass is 16.3. The molecule has 13 aromatic carbocycles. The Labute approximate surface area is 659 Å². The summed E-state index contributed by atoms with van der Waals surface area (Å²) in [7, 11) is 0. The third kappa shape index (κ3) is 9.47. The number of rotatable bonds is 8. The average Bonchev–Trinajstić information content (AvgIpc) is 1.57. The second-order valence-electron chi connectivity index (χ2n) is 29.9. The lowest BCUT2D eigenvalue weighted by Gasteiger charge is -2.12. The Morgan fingerprint density at radius 3 is 0.905 bits per heavy atom. The summed E-state index contributed by atoms with van der Waals surface area (Å²) in [5.74, 6) is 3.28. The van der Waals surface area contributed by atoms with Crippen LogP contribution in [-0.2, 0) is 0 Å². The van der Waals surface area contributed by atoms with Crippen LogP contribution in [0.1, 0.15) is 0 Å². The fourth-order valence-electron chi connectivity index (χ4n) is 18.6. The lowest BCUT2D eigenvalue weighted by atomic mass is 10.0. The summed E-state index contributed by atoms with van der Waals surface area (Å²) >= 11 is 0. The zero-order valence-corrected chi connectivity index (χ0v) is 62.0. The number of hydrogen-bond acceptors (Lipinski definition) is 7. The fourth-order valence-corrected chi connectivity index (χ4v) is 18.6. The molecule has 0 saturated heterocycles. The molecule has 0 amide bonds. The van der Waals surface area contributed by atoms with Gasteiger partial charge in [0.1, 0.15) is 62.5 Å². The molecule has 13 heteroatoms. The van der Waals surface area contributed by atoms with E-state index in [1.165, 1.54) is 38.0 Å². The van der Waals surface area contributed by atoms with Crippen molar-refractivity contribution in [1.29, 1.82) is 0 Å². The number of aromatic nitrogens is 11. The van der Waals surface area contributed by atoms with Gasteiger partial charge in [0, 0.05) is 116 Å². The van der Waals surface area contributed by atoms with Gasteiger partial charge >= 0.3 is 0 Å². The molecule has 0 unspecified atom stereocenters. The molecule has 0 saturated carbocycles. The van der Waals surface area contributed by atoms with Crippen LogP contribution in [0.25, 0.3) is 232 Å². The Morgan fingerprint density at radius 1 is 0.172 bits per heavy atom. The Balaban J connectivity index is 0.000000130. The molecular formula is C103H61N11O2. The van der Waals surface area contributed by atoms with E-state index in [-0.39, 0.29) is 0 Å². The van der Waals surface area contributed by atoms with Gasteiger partial charge in [-0.1, -0.05) is 164 Å². The van der Waals surface area contributed by atoms with Gasteiger partial charge in [-0.05, 0) is 210 Å². The largest absolute Gasteiger partial charge is 0.456 e. The first kappa shape index (κ1) is 63.8. The summed E-state index contributed by atoms with van der Waals surface area (Å²) in [5.41, 5.74) is 23.0. The number of para-hydroxylation sites is 7. The molecule has 13 heterocycles. The molecule has 0 bridgehead atoms. The summed E-state index contributed by atoms with van der Waals surface area (Å²) < 4.78 is 25.9. The topological polar surface area (TPSA) is 120 Å². The van der Waals surface area contributed by atoms with E-state index in [4.69, 9.17) is 33.8 Å². The van der Waals surface area contributed by atoms with E-state index in [9.17, 15) is 0 Å². The quantitative estimate of drug-likeness (QED) is 0.149. The van der Waals surface area contributed by atoms with Crippen molar-refractivity contribution in [3.05, 3.63) is 370 Å². The lowest BCUT2D eigenvalue weighted by Crippen LogP contribution is -2.03. The van der Waals surface area contributed by atoms with Crippen LogP contribution in [0, 0.1) is 0 Å². The van der Waals surface area contributed by atoms with Crippen molar-refractivity contribution >= 4 is 175 Å². The second-order valence-corrected chi connectivity index (χ2v) is 29.9. The van der Waals surface area contributed by atoms with Gasteiger partial charge in [-0.15, -0.1) is 0 Å². The fraction of sp³-hybridized carbons (Fsp3) is 0. The van der Waals surface area contributed by atoms with Crippen LogP contribution in [0.15, 0.2) is 379 Å². The predicted octanol–water partition coefficient (Wildman–Crippen LogP) is 26.1. The Hall–Kier alpha value is -16.0. The third-order valence-corrected chi connectivity index (χ3v) is 23.7. The summed E-state index contributed by atoms with van der Waals surface area (Å²) in [6, 6.07) is 124. The minimum Gasteiger partial charge on any atom is -0.456 e. The predicted molar refractivity (Wildman–Crippen MR) is 473 cm³/mol. The number of nitrogens with zero attached hydrogens (tertiary/aromatic N) is 11. The van der Waals surface area contributed by atoms with Gasteiger partial charge in [0.2, 0.25) is 0 Å². The van der Waals surface area contributed by atoms with Crippen LogP contribution in [-0.4, -0.2) is 52.3 Å². The van der Waals surface area contributed by atoms with Crippen molar-refractivity contribution in [1.82, 2.24) is 52.3 Å². The van der Waals surface area contributed by atoms with Gasteiger partial charge < -0.3 is 13.4 Å². The molecule has 0 aliphatic carbocycles. The first-order valence-corrected chi connectivity index (χ1v) is 39.0. The molecule has 540 valence electrons. The van der Waals surface area contributed by atoms with E-state index < -0.39 is 0 Å². The van der Waals surface area contributed by atoms with Crippen LogP contribution in [0.3, 0.4) is 0 Å². The molecule has 0 aliphatic rings. The van der Waals surface area contributed by atoms with Crippen molar-refractivity contribution in [3.8, 4) is 56.9 Å². The highest BCUT2D eigenvalue weighted by Crippen LogP contribution is 2.44. The summed E-state index contributed by atoms with van der Waals surface area (Å²) in [6.45, 7) is 0. The highest BCUT2D eigenvalue weighted by molar-refractivity contribution is 6.17. The van der Waals surface area contributed by atoms with Crippen LogP contribution < -0.4 is 0 Å². The van der Waals surface area contributed by atoms with E-state index in [0.29, 0.717) is 0 Å². The first-order chi connectivity index (χ1) is 57.5. The molecule has 26 rings (SSSR count). The van der Waals surface area contributed by atoms with Crippen LogP contribution in [0.2, 0.25) is 0 Å². The van der Waals surface area contributed by atoms with Crippen LogP contribution in [0.4, 0.5) is 0 Å². The van der Waals surface area contributed by atoms with Crippen LogP contribution in [0.5, 0.6) is 0 Å². The van der Waals surface area contributed by atoms with E-state index in [1.807, 2.05) is 61.1 Å². The SMILES string of the molecule is c1cc(-n2c3ccccc3c3cc(-c4ccc5oc6ccccc6c5c4)ccc32)nc(-n2c3ccc(-n4c5ccccc5c5ccccc54)cc3c3cccnc32)c1.c1cc(-n2c3ccccc3c3cc(-n4c5ccccc5c5cccnc54)ccc32)nc(-n2c3ccc(-c4ccc5oc6ccccc6c5c4)cc3c3cccnc32)c1. The standard InChI is InChI=1S/C52H31N5O.C51H30N6O/c1-5-16-43-35(11-1)36-12-2-6-17-44(36)55(43)34-24-26-47-41(31-34)39-15-10-28-53-52(39)57(47)51-21-9-20-50(54-51)56-45-18-7-3-13-37(45)40-29-32(22-25-46(40)56)33-23-27-49-42(30-33)38-14-4-8-19-48(38)58-49;1-4-15-42-34(10-1)37-13-8-26-52-50(37)55(42)33-22-24-44-40(30-33)35-11-2-5-16-43(35)56(44)48-18-7-19-49(54-48)57-45-23-20-31(28-39(45)38-14-9-27-53-51(38)57)32-21-25-47-41(29-32)36-12-3-6-17-46(36)58-47/h1-31H;1-30H. The Morgan fingerprint density at radius 2 is 0.448 bits per heavy atom. The molecule has 0 spiro atoms. The maximum atomic E-state index is 6.14. The van der Waals surface area contributed by atoms with E-state index in [0.717, 1.165) is 194 Å². The van der Waals surface area contributed by atoms with E-state index in [2.05, 4.69) is 337 Å². The van der Waals surface area contributed by atoms with Gasteiger partial charge in [0.15, 0.2) is 0 Å². The maximum Gasteiger partial charge on any atom is 0.146 e. The van der Waals surface area contributed by atoms with Crippen molar-refractivity contribution < 1.29 is 8.83 Å². The zero-order valence-electron chi connectivity index (χ0n) is 62.0. The van der Waals surface area contributed by atoms with Crippen LogP contribution >= 0.6 is 0 Å². The average molecular weight is 1480 g/mol. The van der Waals surface area contributed by atoms with Gasteiger partial charge in [-0.25, -0.2) is 24.9 Å². The lowest BCUT2D eigenvalue weighted by molar-refractivity contribution is 0.668. The van der Waals surface area contributed by atoms with Crippen molar-refractivity contribution in [3.63, 3.8) is 0 Å². The van der Waals surface area contributed by atoms with Gasteiger partial charge in [0.25, 0.3) is 0 Å². The van der Waals surface area contributed by atoms with E-state index in [1.54, 1.807) is 0 Å². The van der Waals surface area contributed by atoms with Crippen molar-refractivity contribution in [2.45, 2.75) is 0 Å². The first-order valence-electron chi connectivity index (χ1n) is 39.0. The molecule has 116 heavy (non-hydrogen) atoms. The smallest absolute Gasteiger partial charge is 0.146 e. The Bertz CT molecular complexity index is 8040. The molecule has 0 fully saturated rings. The van der Waals surface area contributed by atoms with Gasteiger partial charge in [-0.2, -0.15) is 0 Å². The molecule has 13 nitrogen and oxygen atoms in total. The number of benzene rings is 13. The zero-order chi connectivity index (χ0) is 75.8. The summed E-state index contributed by atoms with van der Waals surface area (Å²) in [4.78, 5) is 25.6. The normalized spacial score (nSPS) is 12.1. The minimum atomic E-state index is 0.800. The van der Waals surface area contributed by atoms with Gasteiger partial charge in [-0.3, -0.25) is 22.8 Å². The number of pyridine rings is 5. The highest BCUT2D eigenvalue weighted by Gasteiger charge is 2.24. The third-order valence-electron chi connectivity index (χ3n) is 23.7. The molecule has 26 aromatic rings. The number of furan rings is 2. The van der Waals surface area contributed by atoms with E-state index >= 15 is 0 Å². The molecule has 13 aromatic heterocycles. The van der Waals surface area contributed by atoms with Crippen molar-refractivity contribution in [2.75, 3.05) is 0 Å². The molecule has 0 aliphatic heterocycles. The maximum absolute atomic E-state index is 6.14. The summed E-state index contributed by atoms with van der Waals surface area (Å²) in [6.07, 6.45) is 5.60. The monoisotopic (exact) mass is 1480 g/mol. The molecular weight excluding hydrogens is 1420 g/mol. The number of fused-ring (bicyclic) bond motifs is 24. The minimum absolute atomic E-state index is 0.800.